The number of methoxy groups -OCH3 is 2. The molecule has 0 saturated carbocycles. The average molecular weight is 262 g/mol. The number of benzene rings is 2. The first-order chi connectivity index (χ1) is 9.15. The van der Waals surface area contributed by atoms with E-state index in [9.17, 15) is 9.50 Å². The number of halogens is 1. The van der Waals surface area contributed by atoms with Crippen molar-refractivity contribution in [2.24, 2.45) is 0 Å². The number of rotatable bonds is 4. The number of hydrogen-bond acceptors (Lipinski definition) is 3. The van der Waals surface area contributed by atoms with Gasteiger partial charge in [0.2, 0.25) is 0 Å². The maximum absolute atomic E-state index is 13.3. The molecule has 2 aromatic carbocycles. The molecule has 0 radical (unpaired) electrons. The van der Waals surface area contributed by atoms with Crippen LogP contribution in [-0.4, -0.2) is 19.3 Å². The van der Waals surface area contributed by atoms with Gasteiger partial charge in [0.05, 0.1) is 14.2 Å². The summed E-state index contributed by atoms with van der Waals surface area (Å²) in [7, 11) is 2.95. The molecule has 0 saturated heterocycles. The van der Waals surface area contributed by atoms with Gasteiger partial charge in [-0.2, -0.15) is 0 Å². The minimum atomic E-state index is -0.857. The third-order valence-electron chi connectivity index (χ3n) is 2.90. The van der Waals surface area contributed by atoms with E-state index in [1.54, 1.807) is 31.4 Å². The van der Waals surface area contributed by atoms with Crippen molar-refractivity contribution in [3.8, 4) is 11.5 Å². The van der Waals surface area contributed by atoms with E-state index in [2.05, 4.69) is 0 Å². The van der Waals surface area contributed by atoms with Gasteiger partial charge in [0.1, 0.15) is 11.9 Å². The highest BCUT2D eigenvalue weighted by Crippen LogP contribution is 2.28. The topological polar surface area (TPSA) is 38.7 Å². The molecule has 0 bridgehead atoms. The van der Waals surface area contributed by atoms with Crippen molar-refractivity contribution in [3.05, 3.63) is 59.4 Å². The van der Waals surface area contributed by atoms with Gasteiger partial charge in [-0.15, -0.1) is 0 Å². The average Bonchev–Trinajstić information content (AvgIpc) is 2.47. The van der Waals surface area contributed by atoms with Gasteiger partial charge in [0.15, 0.2) is 11.6 Å². The van der Waals surface area contributed by atoms with Crippen LogP contribution in [0.2, 0.25) is 0 Å². The molecule has 0 aromatic heterocycles. The second-order valence-corrected chi connectivity index (χ2v) is 4.07. The van der Waals surface area contributed by atoms with Crippen molar-refractivity contribution in [1.29, 1.82) is 0 Å². The molecule has 100 valence electrons. The highest BCUT2D eigenvalue weighted by molar-refractivity contribution is 5.38. The van der Waals surface area contributed by atoms with Crippen LogP contribution in [-0.2, 0) is 0 Å². The zero-order chi connectivity index (χ0) is 13.8. The highest BCUT2D eigenvalue weighted by atomic mass is 19.1. The first kappa shape index (κ1) is 13.4. The molecule has 1 unspecified atom stereocenters. The van der Waals surface area contributed by atoms with E-state index < -0.39 is 11.9 Å². The molecule has 0 spiro atoms. The fraction of sp³-hybridized carbons (Fsp3) is 0.200. The minimum absolute atomic E-state index is 0.111. The summed E-state index contributed by atoms with van der Waals surface area (Å²) in [6.45, 7) is 0. The van der Waals surface area contributed by atoms with E-state index in [4.69, 9.17) is 9.47 Å². The summed E-state index contributed by atoms with van der Waals surface area (Å²) < 4.78 is 23.3. The molecule has 1 N–H and O–H groups in total. The predicted molar refractivity (Wildman–Crippen MR) is 70.0 cm³/mol. The van der Waals surface area contributed by atoms with Crippen LogP contribution in [0.4, 0.5) is 4.39 Å². The van der Waals surface area contributed by atoms with Crippen LogP contribution in [0, 0.1) is 5.82 Å². The summed E-state index contributed by atoms with van der Waals surface area (Å²) in [5.41, 5.74) is 1.24. The maximum Gasteiger partial charge on any atom is 0.165 e. The van der Waals surface area contributed by atoms with Crippen molar-refractivity contribution in [2.45, 2.75) is 6.10 Å². The van der Waals surface area contributed by atoms with Gasteiger partial charge in [-0.05, 0) is 35.4 Å². The fourth-order valence-electron chi connectivity index (χ4n) is 1.85. The van der Waals surface area contributed by atoms with E-state index in [1.165, 1.54) is 25.3 Å². The lowest BCUT2D eigenvalue weighted by molar-refractivity contribution is 0.219. The predicted octanol–water partition coefficient (Wildman–Crippen LogP) is 2.92. The standard InChI is InChI=1S/C15H15FO3/c1-18-12-5-3-4-10(8-12)15(17)11-6-7-13(16)14(9-11)19-2/h3-9,15,17H,1-2H3. The number of ether oxygens (including phenoxy) is 2. The Labute approximate surface area is 111 Å². The molecule has 0 amide bonds. The van der Waals surface area contributed by atoms with Gasteiger partial charge in [-0.3, -0.25) is 0 Å². The monoisotopic (exact) mass is 262 g/mol. The van der Waals surface area contributed by atoms with Crippen molar-refractivity contribution in [3.63, 3.8) is 0 Å². The van der Waals surface area contributed by atoms with Crippen LogP contribution in [0.3, 0.4) is 0 Å². The van der Waals surface area contributed by atoms with Crippen LogP contribution >= 0.6 is 0 Å². The Kier molecular flexibility index (Phi) is 4.02. The quantitative estimate of drug-likeness (QED) is 0.920. The van der Waals surface area contributed by atoms with Gasteiger partial charge in [0, 0.05) is 0 Å². The summed E-state index contributed by atoms with van der Waals surface area (Å²) in [6, 6.07) is 11.4. The molecular formula is C15H15FO3. The van der Waals surface area contributed by atoms with Crippen molar-refractivity contribution in [1.82, 2.24) is 0 Å². The Morgan fingerprint density at radius 3 is 2.42 bits per heavy atom. The molecular weight excluding hydrogens is 247 g/mol. The minimum Gasteiger partial charge on any atom is -0.497 e. The van der Waals surface area contributed by atoms with Gasteiger partial charge >= 0.3 is 0 Å². The lowest BCUT2D eigenvalue weighted by atomic mass is 10.0. The molecule has 0 heterocycles. The van der Waals surface area contributed by atoms with Crippen molar-refractivity contribution >= 4 is 0 Å². The van der Waals surface area contributed by atoms with E-state index in [0.717, 1.165) is 0 Å². The SMILES string of the molecule is COc1cccc(C(O)c2ccc(F)c(OC)c2)c1. The first-order valence-electron chi connectivity index (χ1n) is 5.81. The first-order valence-corrected chi connectivity index (χ1v) is 5.81. The molecule has 0 aliphatic rings. The summed E-state index contributed by atoms with van der Waals surface area (Å²) in [4.78, 5) is 0. The zero-order valence-electron chi connectivity index (χ0n) is 10.8. The van der Waals surface area contributed by atoms with E-state index in [1.807, 2.05) is 0 Å². The van der Waals surface area contributed by atoms with Gasteiger partial charge in [-0.1, -0.05) is 18.2 Å². The molecule has 19 heavy (non-hydrogen) atoms. The normalized spacial score (nSPS) is 12.0. The van der Waals surface area contributed by atoms with Gasteiger partial charge in [-0.25, -0.2) is 4.39 Å². The largest absolute Gasteiger partial charge is 0.497 e. The Morgan fingerprint density at radius 1 is 1.00 bits per heavy atom. The van der Waals surface area contributed by atoms with E-state index in [-0.39, 0.29) is 5.75 Å². The molecule has 0 aliphatic heterocycles. The summed E-state index contributed by atoms with van der Waals surface area (Å²) in [6.07, 6.45) is -0.857. The Balaban J connectivity index is 2.35. The zero-order valence-corrected chi connectivity index (χ0v) is 10.8. The second kappa shape index (κ2) is 5.71. The Morgan fingerprint density at radius 2 is 1.74 bits per heavy atom. The van der Waals surface area contributed by atoms with Crippen molar-refractivity contribution in [2.75, 3.05) is 14.2 Å². The number of aliphatic hydroxyl groups excluding tert-OH is 1. The van der Waals surface area contributed by atoms with Crippen LogP contribution in [0.15, 0.2) is 42.5 Å². The molecule has 3 nitrogen and oxygen atoms in total. The summed E-state index contributed by atoms with van der Waals surface area (Å²) >= 11 is 0. The Bertz CT molecular complexity index is 569. The summed E-state index contributed by atoms with van der Waals surface area (Å²) in [5, 5.41) is 10.3. The molecule has 2 aromatic rings. The third-order valence-corrected chi connectivity index (χ3v) is 2.90. The number of hydrogen-bond donors (Lipinski definition) is 1. The molecule has 1 atom stereocenters. The van der Waals surface area contributed by atoms with Crippen LogP contribution in [0.1, 0.15) is 17.2 Å². The molecule has 2 rings (SSSR count). The molecule has 4 heteroatoms. The third kappa shape index (κ3) is 2.85. The summed E-state index contributed by atoms with van der Waals surface area (Å²) in [5.74, 6) is 0.314. The smallest absolute Gasteiger partial charge is 0.165 e. The van der Waals surface area contributed by atoms with E-state index in [0.29, 0.717) is 16.9 Å². The lowest BCUT2D eigenvalue weighted by Gasteiger charge is -2.14. The van der Waals surface area contributed by atoms with Crippen LogP contribution in [0.25, 0.3) is 0 Å². The highest BCUT2D eigenvalue weighted by Gasteiger charge is 2.13. The second-order valence-electron chi connectivity index (χ2n) is 4.07. The number of aliphatic hydroxyl groups is 1. The van der Waals surface area contributed by atoms with Gasteiger partial charge in [0.25, 0.3) is 0 Å². The maximum atomic E-state index is 13.3. The van der Waals surface area contributed by atoms with E-state index >= 15 is 0 Å². The van der Waals surface area contributed by atoms with Gasteiger partial charge < -0.3 is 14.6 Å². The van der Waals surface area contributed by atoms with Crippen molar-refractivity contribution < 1.29 is 19.0 Å². The molecule has 0 fully saturated rings. The molecule has 0 aliphatic carbocycles. The fourth-order valence-corrected chi connectivity index (χ4v) is 1.85. The van der Waals surface area contributed by atoms with Crippen LogP contribution in [0.5, 0.6) is 11.5 Å². The van der Waals surface area contributed by atoms with Crippen LogP contribution < -0.4 is 9.47 Å². The lowest BCUT2D eigenvalue weighted by Crippen LogP contribution is -2.01. The Hall–Kier alpha value is -2.07.